The Morgan fingerprint density at radius 1 is 1.25 bits per heavy atom. The van der Waals surface area contributed by atoms with E-state index in [1.807, 2.05) is 0 Å². The minimum Gasteiger partial charge on any atom is -0.506 e. The van der Waals surface area contributed by atoms with E-state index in [0.717, 1.165) is 6.07 Å². The molecule has 6 heteroatoms. The van der Waals surface area contributed by atoms with Gasteiger partial charge in [0.25, 0.3) is 0 Å². The van der Waals surface area contributed by atoms with Crippen molar-refractivity contribution in [2.24, 2.45) is 0 Å². The number of phenolic OH excluding ortho intramolecular Hbond substituents is 1. The maximum absolute atomic E-state index is 12.5. The lowest BCUT2D eigenvalue weighted by atomic mass is 10.1. The summed E-state index contributed by atoms with van der Waals surface area (Å²) in [6.45, 7) is -0.0835. The molecule has 0 saturated heterocycles. The number of aromatic hydroxyl groups is 1. The Kier molecular flexibility index (Phi) is 4.21. The molecule has 0 unspecified atom stereocenters. The Balaban J connectivity index is 3.12. The maximum Gasteiger partial charge on any atom is 0.420 e. The van der Waals surface area contributed by atoms with Crippen LogP contribution in [-0.4, -0.2) is 16.8 Å². The highest BCUT2D eigenvalue weighted by Gasteiger charge is 2.35. The van der Waals surface area contributed by atoms with E-state index in [1.54, 1.807) is 0 Å². The summed E-state index contributed by atoms with van der Waals surface area (Å²) in [7, 11) is 0. The molecule has 0 aliphatic heterocycles. The van der Waals surface area contributed by atoms with Crippen molar-refractivity contribution in [1.29, 1.82) is 0 Å². The van der Waals surface area contributed by atoms with E-state index in [2.05, 4.69) is 15.9 Å². The maximum atomic E-state index is 12.5. The lowest BCUT2D eigenvalue weighted by molar-refractivity contribution is -0.138. The summed E-state index contributed by atoms with van der Waals surface area (Å²) in [4.78, 5) is 0. The second kappa shape index (κ2) is 5.05. The number of rotatable bonds is 3. The van der Waals surface area contributed by atoms with E-state index in [0.29, 0.717) is 18.4 Å². The molecule has 1 aromatic carbocycles. The van der Waals surface area contributed by atoms with Crippen molar-refractivity contribution in [1.82, 2.24) is 0 Å². The molecule has 1 rings (SSSR count). The molecule has 1 aromatic rings. The van der Waals surface area contributed by atoms with Crippen molar-refractivity contribution in [3.63, 3.8) is 0 Å². The number of hydrogen-bond acceptors (Lipinski definition) is 2. The monoisotopic (exact) mass is 298 g/mol. The first-order valence-corrected chi connectivity index (χ1v) is 5.35. The van der Waals surface area contributed by atoms with Crippen LogP contribution in [0.15, 0.2) is 16.6 Å². The first-order valence-electron chi connectivity index (χ1n) is 4.55. The van der Waals surface area contributed by atoms with Gasteiger partial charge in [-0.25, -0.2) is 0 Å². The van der Waals surface area contributed by atoms with Crippen LogP contribution in [0.1, 0.15) is 17.5 Å². The molecule has 90 valence electrons. The number of hydrogen-bond donors (Lipinski definition) is 2. The molecule has 0 fully saturated rings. The Bertz CT molecular complexity index is 377. The Morgan fingerprint density at radius 3 is 2.38 bits per heavy atom. The molecular weight excluding hydrogens is 289 g/mol. The summed E-state index contributed by atoms with van der Waals surface area (Å²) >= 11 is 2.87. The third-order valence-electron chi connectivity index (χ3n) is 2.05. The van der Waals surface area contributed by atoms with Gasteiger partial charge in [-0.3, -0.25) is 0 Å². The molecule has 0 saturated carbocycles. The van der Waals surface area contributed by atoms with Gasteiger partial charge in [-0.2, -0.15) is 13.2 Å². The lowest BCUT2D eigenvalue weighted by Gasteiger charge is -2.12. The molecule has 0 amide bonds. The summed E-state index contributed by atoms with van der Waals surface area (Å²) in [6.07, 6.45) is -3.87. The molecule has 0 atom stereocenters. The molecule has 2 N–H and O–H groups in total. The number of aliphatic hydroxyl groups excluding tert-OH is 1. The number of benzene rings is 1. The molecule has 0 aliphatic carbocycles. The number of alkyl halides is 3. The van der Waals surface area contributed by atoms with Crippen LogP contribution >= 0.6 is 15.9 Å². The summed E-state index contributed by atoms with van der Waals surface area (Å²) in [6, 6.07) is 2.32. The minimum absolute atomic E-state index is 0.00950. The van der Waals surface area contributed by atoms with Gasteiger partial charge in [-0.15, -0.1) is 0 Å². The van der Waals surface area contributed by atoms with Crippen LogP contribution in [0.2, 0.25) is 0 Å². The highest BCUT2D eigenvalue weighted by Crippen LogP contribution is 2.40. The fourth-order valence-electron chi connectivity index (χ4n) is 1.30. The predicted molar refractivity (Wildman–Crippen MR) is 56.2 cm³/mol. The zero-order valence-electron chi connectivity index (χ0n) is 8.18. The van der Waals surface area contributed by atoms with E-state index in [-0.39, 0.29) is 11.1 Å². The van der Waals surface area contributed by atoms with Crippen LogP contribution in [0.25, 0.3) is 0 Å². The second-order valence-electron chi connectivity index (χ2n) is 3.30. The van der Waals surface area contributed by atoms with Gasteiger partial charge in [0.05, 0.1) is 10.0 Å². The zero-order valence-corrected chi connectivity index (χ0v) is 9.77. The molecule has 0 aromatic heterocycles. The Hall–Kier alpha value is -0.750. The molecular formula is C10H10BrF3O2. The third-order valence-corrected chi connectivity index (χ3v) is 2.66. The SMILES string of the molecule is OCCCc1cc(Br)c(O)c(C(F)(F)F)c1. The van der Waals surface area contributed by atoms with Crippen molar-refractivity contribution in [2.45, 2.75) is 19.0 Å². The second-order valence-corrected chi connectivity index (χ2v) is 4.15. The topological polar surface area (TPSA) is 40.5 Å². The molecule has 0 bridgehead atoms. The molecule has 0 aliphatic rings. The average molecular weight is 299 g/mol. The Labute approximate surface area is 98.8 Å². The van der Waals surface area contributed by atoms with Crippen LogP contribution < -0.4 is 0 Å². The van der Waals surface area contributed by atoms with Crippen LogP contribution in [0.5, 0.6) is 5.75 Å². The third kappa shape index (κ3) is 3.12. The largest absolute Gasteiger partial charge is 0.506 e. The van der Waals surface area contributed by atoms with Crippen molar-refractivity contribution in [3.8, 4) is 5.75 Å². The fourth-order valence-corrected chi connectivity index (χ4v) is 1.81. The van der Waals surface area contributed by atoms with E-state index >= 15 is 0 Å². The predicted octanol–water partition coefficient (Wildman–Crippen LogP) is 3.10. The highest BCUT2D eigenvalue weighted by atomic mass is 79.9. The van der Waals surface area contributed by atoms with Gasteiger partial charge in [0.15, 0.2) is 0 Å². The van der Waals surface area contributed by atoms with Gasteiger partial charge in [0.2, 0.25) is 0 Å². The molecule has 0 spiro atoms. The Morgan fingerprint density at radius 2 is 1.88 bits per heavy atom. The van der Waals surface area contributed by atoms with Crippen molar-refractivity contribution in [2.75, 3.05) is 6.61 Å². The van der Waals surface area contributed by atoms with E-state index in [4.69, 9.17) is 5.11 Å². The van der Waals surface area contributed by atoms with Gasteiger partial charge >= 0.3 is 6.18 Å². The molecule has 16 heavy (non-hydrogen) atoms. The average Bonchev–Trinajstić information content (AvgIpc) is 2.17. The fraction of sp³-hybridized carbons (Fsp3) is 0.400. The van der Waals surface area contributed by atoms with Crippen LogP contribution in [0.3, 0.4) is 0 Å². The van der Waals surface area contributed by atoms with Crippen LogP contribution in [0, 0.1) is 0 Å². The van der Waals surface area contributed by atoms with Crippen molar-refractivity contribution in [3.05, 3.63) is 27.7 Å². The smallest absolute Gasteiger partial charge is 0.420 e. The summed E-state index contributed by atoms with van der Waals surface area (Å²) < 4.78 is 37.5. The number of aliphatic hydroxyl groups is 1. The lowest BCUT2D eigenvalue weighted by Crippen LogP contribution is -2.06. The van der Waals surface area contributed by atoms with E-state index in [9.17, 15) is 18.3 Å². The standard InChI is InChI=1S/C10H10BrF3O2/c11-8-5-6(2-1-3-15)4-7(9(8)16)10(12,13)14/h4-5,15-16H,1-3H2. The highest BCUT2D eigenvalue weighted by molar-refractivity contribution is 9.10. The summed E-state index contributed by atoms with van der Waals surface area (Å²) in [5.74, 6) is -0.805. The van der Waals surface area contributed by atoms with Crippen molar-refractivity contribution < 1.29 is 23.4 Å². The van der Waals surface area contributed by atoms with Gasteiger partial charge in [0, 0.05) is 6.61 Å². The van der Waals surface area contributed by atoms with Gasteiger partial charge in [-0.05, 0) is 46.5 Å². The minimum atomic E-state index is -4.58. The van der Waals surface area contributed by atoms with Crippen LogP contribution in [-0.2, 0) is 12.6 Å². The van der Waals surface area contributed by atoms with E-state index in [1.165, 1.54) is 6.07 Å². The first kappa shape index (κ1) is 13.3. The molecule has 0 heterocycles. The normalized spacial score (nSPS) is 11.8. The number of halogens is 4. The molecule has 0 radical (unpaired) electrons. The van der Waals surface area contributed by atoms with E-state index < -0.39 is 17.5 Å². The van der Waals surface area contributed by atoms with Gasteiger partial charge in [0.1, 0.15) is 5.75 Å². The zero-order chi connectivity index (χ0) is 12.3. The quantitative estimate of drug-likeness (QED) is 0.900. The van der Waals surface area contributed by atoms with Gasteiger partial charge in [-0.1, -0.05) is 0 Å². The van der Waals surface area contributed by atoms with Crippen molar-refractivity contribution >= 4 is 15.9 Å². The first-order chi connectivity index (χ1) is 7.36. The number of phenols is 1. The van der Waals surface area contributed by atoms with Gasteiger partial charge < -0.3 is 10.2 Å². The summed E-state index contributed by atoms with van der Waals surface area (Å²) in [5.41, 5.74) is -0.638. The summed E-state index contributed by atoms with van der Waals surface area (Å²) in [5, 5.41) is 17.9. The molecule has 2 nitrogen and oxygen atoms in total. The van der Waals surface area contributed by atoms with Crippen LogP contribution in [0.4, 0.5) is 13.2 Å². The number of aryl methyl sites for hydroxylation is 1.